The zero-order valence-corrected chi connectivity index (χ0v) is 35.3. The third-order valence-electron chi connectivity index (χ3n) is 9.27. The Morgan fingerprint density at radius 2 is 0.464 bits per heavy atom. The van der Waals surface area contributed by atoms with Crippen LogP contribution < -0.4 is 27.1 Å². The van der Waals surface area contributed by atoms with Gasteiger partial charge in [-0.2, -0.15) is 0 Å². The zero-order chi connectivity index (χ0) is 39.6. The third-order valence-corrected chi connectivity index (χ3v) is 11.3. The van der Waals surface area contributed by atoms with Crippen molar-refractivity contribution in [3.63, 3.8) is 0 Å². The van der Waals surface area contributed by atoms with Crippen molar-refractivity contribution in [2.45, 2.75) is 79.1 Å². The molecule has 0 atom stereocenters. The van der Waals surface area contributed by atoms with Gasteiger partial charge >= 0.3 is 17.2 Å². The molecule has 0 spiro atoms. The highest BCUT2D eigenvalue weighted by molar-refractivity contribution is 7.43. The number of para-hydroxylation sites is 6. The zero-order valence-electron chi connectivity index (χ0n) is 33.5. The maximum absolute atomic E-state index is 6.82. The highest BCUT2D eigenvalue weighted by Gasteiger charge is 2.28. The smallest absolute Gasteiger partial charge is 0.408 e. The molecular weight excluding hydrogens is 734 g/mol. The lowest BCUT2D eigenvalue weighted by Crippen LogP contribution is -2.07. The lowest BCUT2D eigenvalue weighted by Gasteiger charge is -2.24. The van der Waals surface area contributed by atoms with Gasteiger partial charge in [0.15, 0.2) is 0 Å². The van der Waals surface area contributed by atoms with E-state index < -0.39 is 17.2 Å². The van der Waals surface area contributed by atoms with E-state index in [4.69, 9.17) is 27.1 Å². The standard InChI is InChI=1S/C48H52O6P2/c1-33(2)37-21-9-15-27-43(37)49-55(50-44-28-16-10-22-38(44)34(3)4)53-47-31-19-13-25-41(47)42-26-14-20-32-48(42)54-56(51-45-29-17-11-23-39(45)35(5)6)52-46-30-18-12-24-40(46)36(7)8/h9-36H,1-8H3. The third kappa shape index (κ3) is 10.2. The molecule has 6 nitrogen and oxygen atoms in total. The average molecular weight is 787 g/mol. The van der Waals surface area contributed by atoms with Crippen LogP contribution in [0.25, 0.3) is 11.1 Å². The van der Waals surface area contributed by atoms with Gasteiger partial charge in [-0.25, -0.2) is 0 Å². The summed E-state index contributed by atoms with van der Waals surface area (Å²) in [6.45, 7) is 17.2. The van der Waals surface area contributed by atoms with Crippen LogP contribution in [0.5, 0.6) is 34.5 Å². The first kappa shape index (κ1) is 40.6. The summed E-state index contributed by atoms with van der Waals surface area (Å²) >= 11 is 0. The highest BCUT2D eigenvalue weighted by Crippen LogP contribution is 2.51. The van der Waals surface area contributed by atoms with Gasteiger partial charge in [0.25, 0.3) is 0 Å². The van der Waals surface area contributed by atoms with Gasteiger partial charge < -0.3 is 27.1 Å². The molecular formula is C48H52O6P2. The van der Waals surface area contributed by atoms with Crippen LogP contribution in [-0.4, -0.2) is 0 Å². The van der Waals surface area contributed by atoms with Gasteiger partial charge in [0.05, 0.1) is 0 Å². The molecule has 0 aliphatic heterocycles. The molecule has 290 valence electrons. The monoisotopic (exact) mass is 786 g/mol. The summed E-state index contributed by atoms with van der Waals surface area (Å²) in [6.07, 6.45) is 0. The molecule has 0 N–H and O–H groups in total. The fourth-order valence-electron chi connectivity index (χ4n) is 6.29. The van der Waals surface area contributed by atoms with Gasteiger partial charge in [-0.05, 0) is 82.3 Å². The van der Waals surface area contributed by atoms with Crippen LogP contribution in [0.15, 0.2) is 146 Å². The summed E-state index contributed by atoms with van der Waals surface area (Å²) < 4.78 is 40.4. The van der Waals surface area contributed by atoms with Crippen molar-refractivity contribution in [3.05, 3.63) is 168 Å². The molecule has 0 heterocycles. The number of hydrogen-bond donors (Lipinski definition) is 0. The molecule has 0 saturated carbocycles. The number of rotatable bonds is 17. The van der Waals surface area contributed by atoms with Crippen LogP contribution in [0.1, 0.15) is 101 Å². The highest BCUT2D eigenvalue weighted by atomic mass is 31.2. The lowest BCUT2D eigenvalue weighted by atomic mass is 10.0. The summed E-state index contributed by atoms with van der Waals surface area (Å²) in [6, 6.07) is 48.0. The van der Waals surface area contributed by atoms with Crippen molar-refractivity contribution in [2.24, 2.45) is 0 Å². The Labute approximate surface area is 335 Å². The maximum atomic E-state index is 6.82. The molecule has 6 aromatic carbocycles. The fourth-order valence-corrected chi connectivity index (χ4v) is 8.46. The van der Waals surface area contributed by atoms with E-state index in [0.29, 0.717) is 11.5 Å². The van der Waals surface area contributed by atoms with E-state index in [1.807, 2.05) is 121 Å². The van der Waals surface area contributed by atoms with Gasteiger partial charge in [0, 0.05) is 11.1 Å². The Morgan fingerprint density at radius 1 is 0.268 bits per heavy atom. The van der Waals surface area contributed by atoms with E-state index in [2.05, 4.69) is 79.7 Å². The van der Waals surface area contributed by atoms with Crippen LogP contribution in [0.2, 0.25) is 0 Å². The fraction of sp³-hybridized carbons (Fsp3) is 0.250. The van der Waals surface area contributed by atoms with E-state index in [1.54, 1.807) is 0 Å². The minimum Gasteiger partial charge on any atom is -0.408 e. The normalized spacial score (nSPS) is 11.5. The molecule has 0 aromatic heterocycles. The van der Waals surface area contributed by atoms with Crippen molar-refractivity contribution >= 4 is 17.2 Å². The van der Waals surface area contributed by atoms with Crippen LogP contribution in [-0.2, 0) is 0 Å². The van der Waals surface area contributed by atoms with Gasteiger partial charge in [-0.1, -0.05) is 165 Å². The second-order valence-corrected chi connectivity index (χ2v) is 16.7. The lowest BCUT2D eigenvalue weighted by molar-refractivity contribution is 0.381. The Balaban J connectivity index is 1.38. The Hall–Kier alpha value is -5.02. The second kappa shape index (κ2) is 19.2. The number of benzene rings is 6. The first-order valence-electron chi connectivity index (χ1n) is 19.3. The summed E-state index contributed by atoms with van der Waals surface area (Å²) in [5.74, 6) is 5.01. The first-order chi connectivity index (χ1) is 27.1. The SMILES string of the molecule is CC(C)c1ccccc1OP(Oc1ccccc1-c1ccccc1OP(Oc1ccccc1C(C)C)Oc1ccccc1C(C)C)Oc1ccccc1C(C)C. The molecule has 0 aliphatic carbocycles. The van der Waals surface area contributed by atoms with E-state index in [-0.39, 0.29) is 23.7 Å². The molecule has 0 aliphatic rings. The van der Waals surface area contributed by atoms with E-state index in [0.717, 1.165) is 56.4 Å². The average Bonchev–Trinajstić information content (AvgIpc) is 3.19. The summed E-state index contributed by atoms with van der Waals surface area (Å²) in [4.78, 5) is 0. The summed E-state index contributed by atoms with van der Waals surface area (Å²) in [5.41, 5.74) is 5.89. The summed E-state index contributed by atoms with van der Waals surface area (Å²) in [5, 5.41) is 0. The quantitative estimate of drug-likeness (QED) is 0.0858. The Bertz CT molecular complexity index is 1920. The van der Waals surface area contributed by atoms with Crippen LogP contribution in [0, 0.1) is 0 Å². The van der Waals surface area contributed by atoms with Crippen molar-refractivity contribution < 1.29 is 27.1 Å². The van der Waals surface area contributed by atoms with E-state index in [9.17, 15) is 0 Å². The topological polar surface area (TPSA) is 55.4 Å². The summed E-state index contributed by atoms with van der Waals surface area (Å²) in [7, 11) is -3.95. The molecule has 0 bridgehead atoms. The molecule has 6 aromatic rings. The van der Waals surface area contributed by atoms with Crippen molar-refractivity contribution in [3.8, 4) is 45.6 Å². The minimum absolute atomic E-state index is 0.238. The predicted molar refractivity (Wildman–Crippen MR) is 232 cm³/mol. The molecule has 0 saturated heterocycles. The largest absolute Gasteiger partial charge is 0.530 e. The van der Waals surface area contributed by atoms with Crippen LogP contribution >= 0.6 is 17.2 Å². The van der Waals surface area contributed by atoms with E-state index in [1.165, 1.54) is 0 Å². The van der Waals surface area contributed by atoms with Crippen LogP contribution in [0.3, 0.4) is 0 Å². The Morgan fingerprint density at radius 3 is 0.714 bits per heavy atom. The predicted octanol–water partition coefficient (Wildman–Crippen LogP) is 15.4. The molecule has 8 heteroatoms. The van der Waals surface area contributed by atoms with Gasteiger partial charge in [-0.3, -0.25) is 0 Å². The maximum Gasteiger partial charge on any atom is 0.530 e. The van der Waals surface area contributed by atoms with Crippen LogP contribution in [0.4, 0.5) is 0 Å². The molecule has 56 heavy (non-hydrogen) atoms. The Kier molecular flexibility index (Phi) is 13.9. The van der Waals surface area contributed by atoms with Gasteiger partial charge in [0.1, 0.15) is 34.5 Å². The molecule has 0 radical (unpaired) electrons. The van der Waals surface area contributed by atoms with Gasteiger partial charge in [0.2, 0.25) is 0 Å². The molecule has 0 amide bonds. The van der Waals surface area contributed by atoms with E-state index >= 15 is 0 Å². The van der Waals surface area contributed by atoms with Crippen molar-refractivity contribution in [1.29, 1.82) is 0 Å². The first-order valence-corrected chi connectivity index (χ1v) is 21.5. The van der Waals surface area contributed by atoms with Crippen molar-refractivity contribution in [2.75, 3.05) is 0 Å². The van der Waals surface area contributed by atoms with Crippen molar-refractivity contribution in [1.82, 2.24) is 0 Å². The molecule has 0 fully saturated rings. The number of hydrogen-bond acceptors (Lipinski definition) is 6. The van der Waals surface area contributed by atoms with Gasteiger partial charge in [-0.15, -0.1) is 0 Å². The molecule has 0 unspecified atom stereocenters. The second-order valence-electron chi connectivity index (χ2n) is 14.8. The minimum atomic E-state index is -1.98. The molecule has 6 rings (SSSR count).